The second-order valence-corrected chi connectivity index (χ2v) is 7.32. The molecular formula is C16H25N3O2. The van der Waals surface area contributed by atoms with Crippen molar-refractivity contribution < 1.29 is 9.59 Å². The fourth-order valence-electron chi connectivity index (χ4n) is 3.18. The van der Waals surface area contributed by atoms with E-state index in [2.05, 4.69) is 11.4 Å². The van der Waals surface area contributed by atoms with E-state index >= 15 is 0 Å². The molecule has 0 aromatic rings. The molecule has 1 saturated heterocycles. The smallest absolute Gasteiger partial charge is 0.226 e. The van der Waals surface area contributed by atoms with Gasteiger partial charge in [0.2, 0.25) is 11.8 Å². The summed E-state index contributed by atoms with van der Waals surface area (Å²) in [4.78, 5) is 26.3. The Morgan fingerprint density at radius 1 is 1.38 bits per heavy atom. The summed E-state index contributed by atoms with van der Waals surface area (Å²) in [6.07, 6.45) is 4.74. The average molecular weight is 291 g/mol. The molecule has 2 rings (SSSR count). The van der Waals surface area contributed by atoms with Gasteiger partial charge < -0.3 is 10.2 Å². The number of nitrogens with one attached hydrogen (secondary N) is 1. The number of hydrogen-bond acceptors (Lipinski definition) is 3. The van der Waals surface area contributed by atoms with Crippen LogP contribution in [0.25, 0.3) is 0 Å². The van der Waals surface area contributed by atoms with Gasteiger partial charge in [-0.1, -0.05) is 33.6 Å². The van der Waals surface area contributed by atoms with E-state index in [0.29, 0.717) is 12.6 Å². The molecule has 0 radical (unpaired) electrons. The molecule has 5 nitrogen and oxygen atoms in total. The fourth-order valence-corrected chi connectivity index (χ4v) is 3.18. The van der Waals surface area contributed by atoms with Crippen LogP contribution in [0.15, 0.2) is 0 Å². The molecule has 2 atom stereocenters. The zero-order valence-corrected chi connectivity index (χ0v) is 13.2. The number of carbonyl (C=O) groups excluding carboxylic acids is 2. The Labute approximate surface area is 126 Å². The number of carbonyl (C=O) groups is 2. The lowest BCUT2D eigenvalue weighted by Crippen LogP contribution is -2.46. The number of nitrogens with zero attached hydrogens (tertiary/aromatic N) is 2. The van der Waals surface area contributed by atoms with E-state index in [1.54, 1.807) is 0 Å². The predicted molar refractivity (Wildman–Crippen MR) is 79.1 cm³/mol. The van der Waals surface area contributed by atoms with Gasteiger partial charge in [0, 0.05) is 19.0 Å². The molecule has 2 amide bonds. The number of nitriles is 1. The van der Waals surface area contributed by atoms with Crippen LogP contribution in [0.2, 0.25) is 0 Å². The number of hydrogen-bond donors (Lipinski definition) is 1. The Bertz CT molecular complexity index is 455. The van der Waals surface area contributed by atoms with E-state index in [0.717, 1.165) is 12.8 Å². The largest absolute Gasteiger partial charge is 0.340 e. The molecular weight excluding hydrogens is 266 g/mol. The molecule has 1 N–H and O–H groups in total. The first-order valence-corrected chi connectivity index (χ1v) is 7.82. The Kier molecular flexibility index (Phi) is 4.55. The van der Waals surface area contributed by atoms with Crippen molar-refractivity contribution in [2.45, 2.75) is 65.0 Å². The van der Waals surface area contributed by atoms with Crippen LogP contribution in [0.1, 0.15) is 52.9 Å². The van der Waals surface area contributed by atoms with Crippen LogP contribution in [0.3, 0.4) is 0 Å². The summed E-state index contributed by atoms with van der Waals surface area (Å²) in [5.74, 6) is -0.382. The number of amides is 2. The minimum atomic E-state index is -0.527. The maximum absolute atomic E-state index is 12.3. The molecule has 2 aliphatic rings. The van der Waals surface area contributed by atoms with Gasteiger partial charge in [0.25, 0.3) is 0 Å². The molecule has 0 aromatic heterocycles. The third kappa shape index (κ3) is 3.55. The van der Waals surface area contributed by atoms with Crippen molar-refractivity contribution in [3.63, 3.8) is 0 Å². The first-order chi connectivity index (χ1) is 9.82. The summed E-state index contributed by atoms with van der Waals surface area (Å²) in [6, 6.07) is 1.94. The van der Waals surface area contributed by atoms with Crippen molar-refractivity contribution in [2.75, 3.05) is 6.54 Å². The third-order valence-corrected chi connectivity index (χ3v) is 4.58. The predicted octanol–water partition coefficient (Wildman–Crippen LogP) is 1.83. The summed E-state index contributed by atoms with van der Waals surface area (Å²) in [6.45, 7) is 6.28. The van der Waals surface area contributed by atoms with Crippen molar-refractivity contribution in [2.24, 2.45) is 11.3 Å². The van der Waals surface area contributed by atoms with Crippen LogP contribution in [0.4, 0.5) is 0 Å². The van der Waals surface area contributed by atoms with Gasteiger partial charge in [0.1, 0.15) is 6.04 Å². The molecule has 0 bridgehead atoms. The van der Waals surface area contributed by atoms with Crippen LogP contribution in [-0.4, -0.2) is 35.3 Å². The van der Waals surface area contributed by atoms with E-state index < -0.39 is 6.04 Å². The molecule has 1 saturated carbocycles. The van der Waals surface area contributed by atoms with E-state index in [-0.39, 0.29) is 29.6 Å². The van der Waals surface area contributed by atoms with Crippen molar-refractivity contribution in [3.05, 3.63) is 0 Å². The van der Waals surface area contributed by atoms with Gasteiger partial charge in [0.05, 0.1) is 12.0 Å². The minimum Gasteiger partial charge on any atom is -0.340 e. The van der Waals surface area contributed by atoms with E-state index in [1.165, 1.54) is 12.8 Å². The fraction of sp³-hybridized carbons (Fsp3) is 0.812. The maximum atomic E-state index is 12.3. The third-order valence-electron chi connectivity index (χ3n) is 4.58. The van der Waals surface area contributed by atoms with Crippen molar-refractivity contribution in [3.8, 4) is 6.07 Å². The molecule has 2 fully saturated rings. The summed E-state index contributed by atoms with van der Waals surface area (Å²) in [5, 5.41) is 12.0. The topological polar surface area (TPSA) is 73.2 Å². The number of likely N-dealkylation sites (tertiary alicyclic amines) is 1. The average Bonchev–Trinajstić information content (AvgIpc) is 3.02. The van der Waals surface area contributed by atoms with Gasteiger partial charge in [0.15, 0.2) is 0 Å². The normalized spacial score (nSPS) is 25.0. The molecule has 0 unspecified atom stereocenters. The Hall–Kier alpha value is -1.57. The summed E-state index contributed by atoms with van der Waals surface area (Å²) >= 11 is 0. The summed E-state index contributed by atoms with van der Waals surface area (Å²) < 4.78 is 0. The number of rotatable bonds is 3. The van der Waals surface area contributed by atoms with Gasteiger partial charge in [-0.15, -0.1) is 0 Å². The Morgan fingerprint density at radius 2 is 2.00 bits per heavy atom. The lowest BCUT2D eigenvalue weighted by Gasteiger charge is -2.27. The van der Waals surface area contributed by atoms with Crippen molar-refractivity contribution in [1.29, 1.82) is 5.26 Å². The molecule has 1 aliphatic heterocycles. The van der Waals surface area contributed by atoms with E-state index in [9.17, 15) is 14.9 Å². The molecule has 5 heteroatoms. The lowest BCUT2D eigenvalue weighted by atomic mass is 9.87. The highest BCUT2D eigenvalue weighted by Crippen LogP contribution is 2.30. The van der Waals surface area contributed by atoms with E-state index in [1.807, 2.05) is 25.7 Å². The highest BCUT2D eigenvalue weighted by atomic mass is 16.2. The molecule has 0 spiro atoms. The molecule has 21 heavy (non-hydrogen) atoms. The zero-order valence-electron chi connectivity index (χ0n) is 13.2. The van der Waals surface area contributed by atoms with Crippen molar-refractivity contribution >= 4 is 11.8 Å². The van der Waals surface area contributed by atoms with Crippen LogP contribution in [0, 0.1) is 22.7 Å². The van der Waals surface area contributed by atoms with Gasteiger partial charge in [-0.25, -0.2) is 0 Å². The van der Waals surface area contributed by atoms with Gasteiger partial charge in [-0.2, -0.15) is 5.26 Å². The molecule has 0 aromatic carbocycles. The first kappa shape index (κ1) is 15.8. The molecule has 1 aliphatic carbocycles. The lowest BCUT2D eigenvalue weighted by molar-refractivity contribution is -0.130. The highest BCUT2D eigenvalue weighted by molar-refractivity contribution is 5.89. The standard InChI is InChI=1S/C16H25N3O2/c1-16(2,3)13(9-17)18-15(21)11-8-14(20)19(10-11)12-6-4-5-7-12/h11-13H,4-8,10H2,1-3H3,(H,18,21)/t11-,13+/m1/s1. The minimum absolute atomic E-state index is 0.0892. The highest BCUT2D eigenvalue weighted by Gasteiger charge is 2.39. The SMILES string of the molecule is CC(C)(C)[C@H](C#N)NC(=O)[C@@H]1CC(=O)N(C2CCCC2)C1. The van der Waals surface area contributed by atoms with E-state index in [4.69, 9.17) is 0 Å². The van der Waals surface area contributed by atoms with Crippen LogP contribution in [-0.2, 0) is 9.59 Å². The summed E-state index contributed by atoms with van der Waals surface area (Å²) in [7, 11) is 0. The molecule has 116 valence electrons. The second kappa shape index (κ2) is 6.05. The van der Waals surface area contributed by atoms with Gasteiger partial charge >= 0.3 is 0 Å². The zero-order chi connectivity index (χ0) is 15.6. The second-order valence-electron chi connectivity index (χ2n) is 7.32. The van der Waals surface area contributed by atoms with Crippen LogP contribution in [0.5, 0.6) is 0 Å². The molecule has 1 heterocycles. The van der Waals surface area contributed by atoms with Gasteiger partial charge in [-0.3, -0.25) is 9.59 Å². The maximum Gasteiger partial charge on any atom is 0.226 e. The first-order valence-electron chi connectivity index (χ1n) is 7.82. The van der Waals surface area contributed by atoms with Crippen LogP contribution < -0.4 is 5.32 Å². The Balaban J connectivity index is 1.95. The Morgan fingerprint density at radius 3 is 2.52 bits per heavy atom. The quantitative estimate of drug-likeness (QED) is 0.862. The summed E-state index contributed by atoms with van der Waals surface area (Å²) in [5.41, 5.74) is -0.307. The van der Waals surface area contributed by atoms with Gasteiger partial charge in [-0.05, 0) is 18.3 Å². The van der Waals surface area contributed by atoms with Crippen molar-refractivity contribution in [1.82, 2.24) is 10.2 Å². The monoisotopic (exact) mass is 291 g/mol. The van der Waals surface area contributed by atoms with Crippen LogP contribution >= 0.6 is 0 Å².